The average molecular weight is 288 g/mol. The van der Waals surface area contributed by atoms with Crippen LogP contribution in [-0.4, -0.2) is 37.0 Å². The van der Waals surface area contributed by atoms with E-state index < -0.39 is 0 Å². The van der Waals surface area contributed by atoms with Crippen molar-refractivity contribution < 1.29 is 4.79 Å². The van der Waals surface area contributed by atoms with Crippen molar-refractivity contribution in [3.63, 3.8) is 0 Å². The molecule has 3 unspecified atom stereocenters. The summed E-state index contributed by atoms with van der Waals surface area (Å²) in [6.07, 6.45) is 12.3. The van der Waals surface area contributed by atoms with Crippen LogP contribution in [0.25, 0.3) is 0 Å². The van der Waals surface area contributed by atoms with Crippen molar-refractivity contribution in [2.45, 2.75) is 38.5 Å². The molecule has 3 fully saturated rings. The Bertz CT molecular complexity index is 421. The van der Waals surface area contributed by atoms with Crippen LogP contribution in [0.3, 0.4) is 0 Å². The minimum Gasteiger partial charge on any atom is -0.356 e. The van der Waals surface area contributed by atoms with Crippen LogP contribution >= 0.6 is 0 Å². The van der Waals surface area contributed by atoms with Crippen molar-refractivity contribution in [2.24, 2.45) is 29.6 Å². The number of fused-ring (bicyclic) bond motifs is 2. The quantitative estimate of drug-likeness (QED) is 0.788. The maximum absolute atomic E-state index is 12.3. The minimum atomic E-state index is 0.273. The van der Waals surface area contributed by atoms with Crippen LogP contribution in [0.4, 0.5) is 0 Å². The molecule has 1 heterocycles. The molecule has 1 amide bonds. The van der Waals surface area contributed by atoms with E-state index in [9.17, 15) is 4.79 Å². The lowest BCUT2D eigenvalue weighted by molar-refractivity contribution is -0.126. The second-order valence-corrected chi connectivity index (χ2v) is 7.82. The molecule has 3 heteroatoms. The van der Waals surface area contributed by atoms with E-state index in [0.29, 0.717) is 23.7 Å². The molecule has 2 bridgehead atoms. The van der Waals surface area contributed by atoms with Crippen molar-refractivity contribution in [2.75, 3.05) is 26.2 Å². The van der Waals surface area contributed by atoms with Gasteiger partial charge < -0.3 is 10.2 Å². The second-order valence-electron chi connectivity index (χ2n) is 7.82. The molecule has 4 aliphatic rings. The number of carbonyl (C=O) groups is 1. The van der Waals surface area contributed by atoms with E-state index >= 15 is 0 Å². The topological polar surface area (TPSA) is 32.3 Å². The summed E-state index contributed by atoms with van der Waals surface area (Å²) in [6, 6.07) is 0. The first-order valence-corrected chi connectivity index (χ1v) is 8.96. The molecule has 3 nitrogen and oxygen atoms in total. The molecule has 1 saturated heterocycles. The van der Waals surface area contributed by atoms with E-state index in [-0.39, 0.29) is 5.92 Å². The zero-order chi connectivity index (χ0) is 14.2. The molecular weight excluding hydrogens is 260 g/mol. The Kier molecular flexibility index (Phi) is 3.78. The van der Waals surface area contributed by atoms with Gasteiger partial charge in [0.05, 0.1) is 0 Å². The van der Waals surface area contributed by atoms with E-state index in [1.807, 2.05) is 0 Å². The first-order valence-electron chi connectivity index (χ1n) is 8.96. The van der Waals surface area contributed by atoms with Crippen LogP contribution < -0.4 is 5.32 Å². The number of hydrogen-bond donors (Lipinski definition) is 1. The normalized spacial score (nSPS) is 36.3. The number of allylic oxidation sites excluding steroid dienone is 2. The van der Waals surface area contributed by atoms with E-state index in [1.54, 1.807) is 0 Å². The summed E-state index contributed by atoms with van der Waals surface area (Å²) >= 11 is 0. The molecule has 0 aromatic carbocycles. The van der Waals surface area contributed by atoms with Crippen LogP contribution in [0.2, 0.25) is 0 Å². The van der Waals surface area contributed by atoms with Gasteiger partial charge in [0.1, 0.15) is 0 Å². The van der Waals surface area contributed by atoms with Crippen molar-refractivity contribution >= 4 is 5.91 Å². The summed E-state index contributed by atoms with van der Waals surface area (Å²) < 4.78 is 0. The van der Waals surface area contributed by atoms with Gasteiger partial charge in [-0.25, -0.2) is 0 Å². The van der Waals surface area contributed by atoms with E-state index in [2.05, 4.69) is 22.4 Å². The van der Waals surface area contributed by atoms with Gasteiger partial charge in [-0.15, -0.1) is 0 Å². The smallest absolute Gasteiger partial charge is 0.223 e. The number of hydrogen-bond acceptors (Lipinski definition) is 2. The lowest BCUT2D eigenvalue weighted by Crippen LogP contribution is -2.41. The van der Waals surface area contributed by atoms with Crippen molar-refractivity contribution in [3.8, 4) is 0 Å². The Morgan fingerprint density at radius 1 is 1.05 bits per heavy atom. The monoisotopic (exact) mass is 288 g/mol. The van der Waals surface area contributed by atoms with Gasteiger partial charge in [-0.1, -0.05) is 12.2 Å². The van der Waals surface area contributed by atoms with Gasteiger partial charge >= 0.3 is 0 Å². The van der Waals surface area contributed by atoms with Crippen LogP contribution in [0.5, 0.6) is 0 Å². The summed E-state index contributed by atoms with van der Waals surface area (Å²) in [6.45, 7) is 4.73. The third-order valence-electron chi connectivity index (χ3n) is 6.10. The average Bonchev–Trinajstić information content (AvgIpc) is 3.07. The maximum atomic E-state index is 12.3. The summed E-state index contributed by atoms with van der Waals surface area (Å²) in [4.78, 5) is 15.0. The zero-order valence-electron chi connectivity index (χ0n) is 13.0. The molecule has 3 atom stereocenters. The predicted molar refractivity (Wildman–Crippen MR) is 83.7 cm³/mol. The predicted octanol–water partition coefficient (Wildman–Crippen LogP) is 2.44. The number of carbonyl (C=O) groups excluding carboxylic acids is 1. The number of piperidine rings is 1. The third kappa shape index (κ3) is 3.18. The maximum Gasteiger partial charge on any atom is 0.223 e. The van der Waals surface area contributed by atoms with Gasteiger partial charge in [-0.2, -0.15) is 0 Å². The molecule has 1 N–H and O–H groups in total. The fourth-order valence-corrected chi connectivity index (χ4v) is 4.50. The first kappa shape index (κ1) is 13.8. The Hall–Kier alpha value is -0.830. The van der Waals surface area contributed by atoms with Crippen LogP contribution in [0.15, 0.2) is 12.2 Å². The van der Waals surface area contributed by atoms with Crippen molar-refractivity contribution in [1.82, 2.24) is 10.2 Å². The van der Waals surface area contributed by atoms with Crippen molar-refractivity contribution in [3.05, 3.63) is 12.2 Å². The molecule has 0 radical (unpaired) electrons. The molecule has 0 aromatic rings. The molecular formula is C18H28N2O. The Morgan fingerprint density at radius 3 is 2.48 bits per heavy atom. The Balaban J connectivity index is 1.17. The molecule has 116 valence electrons. The summed E-state index contributed by atoms with van der Waals surface area (Å²) in [5.41, 5.74) is 0. The SMILES string of the molecule is O=C(NCC1CCN(CC2CC2)CC1)C1CC2C=CC1C2. The molecule has 0 spiro atoms. The standard InChI is InChI=1S/C18H28N2O/c21-18(17-10-15-3-4-16(17)9-15)19-11-13-5-7-20(8-6-13)12-14-1-2-14/h3-4,13-17H,1-2,5-12H2,(H,19,21). The molecule has 21 heavy (non-hydrogen) atoms. The molecule has 0 aromatic heterocycles. The number of amides is 1. The first-order chi connectivity index (χ1) is 10.3. The van der Waals surface area contributed by atoms with Gasteiger partial charge in [0.2, 0.25) is 5.91 Å². The van der Waals surface area contributed by atoms with Crippen molar-refractivity contribution in [1.29, 1.82) is 0 Å². The summed E-state index contributed by atoms with van der Waals surface area (Å²) in [7, 11) is 0. The lowest BCUT2D eigenvalue weighted by Gasteiger charge is -2.32. The van der Waals surface area contributed by atoms with Gasteiger partial charge in [-0.3, -0.25) is 4.79 Å². The third-order valence-corrected chi connectivity index (χ3v) is 6.10. The highest BCUT2D eigenvalue weighted by Gasteiger charge is 2.39. The fraction of sp³-hybridized carbons (Fsp3) is 0.833. The van der Waals surface area contributed by atoms with E-state index in [1.165, 1.54) is 51.7 Å². The number of likely N-dealkylation sites (tertiary alicyclic amines) is 1. The minimum absolute atomic E-state index is 0.273. The van der Waals surface area contributed by atoms with Crippen LogP contribution in [0.1, 0.15) is 38.5 Å². The number of nitrogens with zero attached hydrogens (tertiary/aromatic N) is 1. The summed E-state index contributed by atoms with van der Waals surface area (Å²) in [5, 5.41) is 3.26. The van der Waals surface area contributed by atoms with E-state index in [0.717, 1.165) is 18.9 Å². The van der Waals surface area contributed by atoms with E-state index in [4.69, 9.17) is 0 Å². The lowest BCUT2D eigenvalue weighted by atomic mass is 9.92. The highest BCUT2D eigenvalue weighted by molar-refractivity contribution is 5.79. The highest BCUT2D eigenvalue weighted by Crippen LogP contribution is 2.43. The molecule has 1 aliphatic heterocycles. The fourth-order valence-electron chi connectivity index (χ4n) is 4.50. The number of nitrogens with one attached hydrogen (secondary N) is 1. The van der Waals surface area contributed by atoms with Gasteiger partial charge in [-0.05, 0) is 75.3 Å². The van der Waals surface area contributed by atoms with Gasteiger partial charge in [0.15, 0.2) is 0 Å². The molecule has 2 saturated carbocycles. The summed E-state index contributed by atoms with van der Waals surface area (Å²) in [5.74, 6) is 3.54. The molecule has 3 aliphatic carbocycles. The highest BCUT2D eigenvalue weighted by atomic mass is 16.1. The molecule has 4 rings (SSSR count). The zero-order valence-corrected chi connectivity index (χ0v) is 13.0. The Labute approximate surface area is 128 Å². The number of rotatable bonds is 5. The van der Waals surface area contributed by atoms with Gasteiger partial charge in [0, 0.05) is 19.0 Å². The largest absolute Gasteiger partial charge is 0.356 e. The van der Waals surface area contributed by atoms with Gasteiger partial charge in [0.25, 0.3) is 0 Å². The van der Waals surface area contributed by atoms with Crippen LogP contribution in [-0.2, 0) is 4.79 Å². The Morgan fingerprint density at radius 2 is 1.86 bits per heavy atom. The second kappa shape index (κ2) is 5.75. The van der Waals surface area contributed by atoms with Crippen LogP contribution in [0, 0.1) is 29.6 Å².